The smallest absolute Gasteiger partial charge is 0.0359 e. The van der Waals surface area contributed by atoms with Crippen molar-refractivity contribution in [3.63, 3.8) is 0 Å². The molecule has 0 fully saturated rings. The van der Waals surface area contributed by atoms with Gasteiger partial charge in [-0.1, -0.05) is 50.7 Å². The van der Waals surface area contributed by atoms with Gasteiger partial charge in [0.15, 0.2) is 0 Å². The van der Waals surface area contributed by atoms with E-state index < -0.39 is 0 Å². The second kappa shape index (κ2) is 7.56. The van der Waals surface area contributed by atoms with Gasteiger partial charge in [0.25, 0.3) is 0 Å². The van der Waals surface area contributed by atoms with Crippen molar-refractivity contribution in [2.24, 2.45) is 0 Å². The first-order chi connectivity index (χ1) is 7.33. The standard InChI is InChI=1S/C14H25N/c1-3-4-5-6-7-8-11-15-12-9-14(2)10-13-15/h9-10,12H,3-8,11,13H2,1-2H3. The normalized spacial score (nSPS) is 15.6. The van der Waals surface area contributed by atoms with Gasteiger partial charge in [0, 0.05) is 13.1 Å². The van der Waals surface area contributed by atoms with Crippen LogP contribution in [0.3, 0.4) is 0 Å². The summed E-state index contributed by atoms with van der Waals surface area (Å²) in [6.07, 6.45) is 15.1. The van der Waals surface area contributed by atoms with Crippen LogP contribution in [0.15, 0.2) is 23.9 Å². The lowest BCUT2D eigenvalue weighted by Crippen LogP contribution is -2.20. The van der Waals surface area contributed by atoms with Crippen molar-refractivity contribution in [3.8, 4) is 0 Å². The minimum atomic E-state index is 1.11. The maximum Gasteiger partial charge on any atom is 0.0359 e. The summed E-state index contributed by atoms with van der Waals surface area (Å²) in [7, 11) is 0. The molecule has 0 unspecified atom stereocenters. The molecule has 1 heteroatoms. The van der Waals surface area contributed by atoms with Crippen LogP contribution in [0, 0.1) is 0 Å². The zero-order valence-electron chi connectivity index (χ0n) is 10.3. The number of rotatable bonds is 7. The summed E-state index contributed by atoms with van der Waals surface area (Å²) in [6, 6.07) is 0. The van der Waals surface area contributed by atoms with Gasteiger partial charge in [-0.15, -0.1) is 0 Å². The predicted octanol–water partition coefficient (Wildman–Crippen LogP) is 4.12. The van der Waals surface area contributed by atoms with E-state index in [9.17, 15) is 0 Å². The lowest BCUT2D eigenvalue weighted by Gasteiger charge is -2.21. The summed E-state index contributed by atoms with van der Waals surface area (Å²) in [5.74, 6) is 0. The highest BCUT2D eigenvalue weighted by atomic mass is 15.1. The summed E-state index contributed by atoms with van der Waals surface area (Å²) < 4.78 is 0. The minimum absolute atomic E-state index is 1.11. The molecule has 0 radical (unpaired) electrons. The average molecular weight is 207 g/mol. The molecule has 0 saturated carbocycles. The predicted molar refractivity (Wildman–Crippen MR) is 67.8 cm³/mol. The van der Waals surface area contributed by atoms with Crippen molar-refractivity contribution in [2.75, 3.05) is 13.1 Å². The molecule has 0 aromatic carbocycles. The molecular weight excluding hydrogens is 182 g/mol. The van der Waals surface area contributed by atoms with Gasteiger partial charge in [0.2, 0.25) is 0 Å². The summed E-state index contributed by atoms with van der Waals surface area (Å²) in [5.41, 5.74) is 1.40. The number of nitrogens with zero attached hydrogens (tertiary/aromatic N) is 1. The molecule has 0 amide bonds. The van der Waals surface area contributed by atoms with E-state index >= 15 is 0 Å². The first-order valence-corrected chi connectivity index (χ1v) is 6.42. The number of allylic oxidation sites excluding steroid dienone is 2. The van der Waals surface area contributed by atoms with Gasteiger partial charge in [0.05, 0.1) is 0 Å². The van der Waals surface area contributed by atoms with E-state index in [1.54, 1.807) is 0 Å². The third kappa shape index (κ3) is 5.66. The van der Waals surface area contributed by atoms with Crippen molar-refractivity contribution < 1.29 is 0 Å². The van der Waals surface area contributed by atoms with Crippen molar-refractivity contribution in [2.45, 2.75) is 52.4 Å². The Morgan fingerprint density at radius 3 is 2.53 bits per heavy atom. The topological polar surface area (TPSA) is 3.24 Å². The van der Waals surface area contributed by atoms with Crippen molar-refractivity contribution in [3.05, 3.63) is 23.9 Å². The number of hydrogen-bond acceptors (Lipinski definition) is 1. The molecule has 0 bridgehead atoms. The van der Waals surface area contributed by atoms with Gasteiger partial charge in [-0.05, 0) is 25.6 Å². The van der Waals surface area contributed by atoms with Crippen LogP contribution in [0.4, 0.5) is 0 Å². The number of unbranched alkanes of at least 4 members (excludes halogenated alkanes) is 5. The van der Waals surface area contributed by atoms with Crippen LogP contribution in [0.5, 0.6) is 0 Å². The molecule has 0 spiro atoms. The quantitative estimate of drug-likeness (QED) is 0.568. The van der Waals surface area contributed by atoms with Crippen LogP contribution in [0.25, 0.3) is 0 Å². The SMILES string of the molecule is CCCCCCCCN1C=CC(C)=CC1. The van der Waals surface area contributed by atoms with E-state index in [1.165, 1.54) is 50.6 Å². The van der Waals surface area contributed by atoms with Crippen LogP contribution in [0.2, 0.25) is 0 Å². The first-order valence-electron chi connectivity index (χ1n) is 6.42. The second-order valence-electron chi connectivity index (χ2n) is 4.53. The summed E-state index contributed by atoms with van der Waals surface area (Å²) in [4.78, 5) is 2.41. The molecule has 0 aromatic heterocycles. The van der Waals surface area contributed by atoms with Gasteiger partial charge in [-0.25, -0.2) is 0 Å². The van der Waals surface area contributed by atoms with E-state index in [1.807, 2.05) is 0 Å². The molecular formula is C14H25N. The molecule has 1 heterocycles. The molecule has 0 aliphatic carbocycles. The molecule has 15 heavy (non-hydrogen) atoms. The summed E-state index contributed by atoms with van der Waals surface area (Å²) in [6.45, 7) is 6.77. The summed E-state index contributed by atoms with van der Waals surface area (Å²) in [5, 5.41) is 0. The van der Waals surface area contributed by atoms with Crippen LogP contribution >= 0.6 is 0 Å². The molecule has 0 atom stereocenters. The Hall–Kier alpha value is -0.720. The molecule has 0 saturated heterocycles. The third-order valence-corrected chi connectivity index (χ3v) is 2.99. The minimum Gasteiger partial charge on any atom is -0.374 e. The Morgan fingerprint density at radius 1 is 1.13 bits per heavy atom. The van der Waals surface area contributed by atoms with E-state index in [0.29, 0.717) is 0 Å². The zero-order valence-corrected chi connectivity index (χ0v) is 10.3. The largest absolute Gasteiger partial charge is 0.374 e. The molecule has 1 nitrogen and oxygen atoms in total. The Morgan fingerprint density at radius 2 is 1.87 bits per heavy atom. The van der Waals surface area contributed by atoms with Crippen LogP contribution in [-0.2, 0) is 0 Å². The van der Waals surface area contributed by atoms with Gasteiger partial charge >= 0.3 is 0 Å². The fourth-order valence-electron chi connectivity index (χ4n) is 1.87. The first kappa shape index (κ1) is 12.4. The number of hydrogen-bond donors (Lipinski definition) is 0. The molecule has 86 valence electrons. The molecule has 0 N–H and O–H groups in total. The fourth-order valence-corrected chi connectivity index (χ4v) is 1.87. The van der Waals surface area contributed by atoms with Crippen molar-refractivity contribution >= 4 is 0 Å². The zero-order chi connectivity index (χ0) is 10.9. The molecule has 0 aromatic rings. The highest BCUT2D eigenvalue weighted by Crippen LogP contribution is 2.09. The maximum absolute atomic E-state index is 2.41. The average Bonchev–Trinajstić information content (AvgIpc) is 2.26. The lowest BCUT2D eigenvalue weighted by molar-refractivity contribution is 0.391. The van der Waals surface area contributed by atoms with Gasteiger partial charge < -0.3 is 4.90 Å². The van der Waals surface area contributed by atoms with Gasteiger partial charge in [-0.3, -0.25) is 0 Å². The van der Waals surface area contributed by atoms with Crippen LogP contribution in [0.1, 0.15) is 52.4 Å². The highest BCUT2D eigenvalue weighted by Gasteiger charge is 2.01. The second-order valence-corrected chi connectivity index (χ2v) is 4.53. The Bertz CT molecular complexity index is 215. The highest BCUT2D eigenvalue weighted by molar-refractivity contribution is 5.19. The van der Waals surface area contributed by atoms with E-state index in [0.717, 1.165) is 6.54 Å². The molecule has 1 aliphatic rings. The monoisotopic (exact) mass is 207 g/mol. The van der Waals surface area contributed by atoms with Crippen molar-refractivity contribution in [1.82, 2.24) is 4.90 Å². The van der Waals surface area contributed by atoms with E-state index in [4.69, 9.17) is 0 Å². The third-order valence-electron chi connectivity index (χ3n) is 2.99. The Labute approximate surface area is 94.9 Å². The van der Waals surface area contributed by atoms with Crippen LogP contribution in [-0.4, -0.2) is 18.0 Å². The van der Waals surface area contributed by atoms with Crippen molar-refractivity contribution in [1.29, 1.82) is 0 Å². The maximum atomic E-state index is 2.41. The Kier molecular flexibility index (Phi) is 6.22. The Balaban J connectivity index is 1.95. The van der Waals surface area contributed by atoms with Gasteiger partial charge in [0.1, 0.15) is 0 Å². The lowest BCUT2D eigenvalue weighted by atomic mass is 10.1. The summed E-state index contributed by atoms with van der Waals surface area (Å²) >= 11 is 0. The molecule has 1 aliphatic heterocycles. The fraction of sp³-hybridized carbons (Fsp3) is 0.714. The molecule has 1 rings (SSSR count). The van der Waals surface area contributed by atoms with E-state index in [-0.39, 0.29) is 0 Å². The van der Waals surface area contributed by atoms with Gasteiger partial charge in [-0.2, -0.15) is 0 Å². The van der Waals surface area contributed by atoms with Crippen LogP contribution < -0.4 is 0 Å². The van der Waals surface area contributed by atoms with E-state index in [2.05, 4.69) is 37.1 Å².